The number of benzene rings is 2. The molecule has 1 atom stereocenters. The van der Waals surface area contributed by atoms with Crippen molar-refractivity contribution in [2.75, 3.05) is 44.4 Å². The minimum Gasteiger partial charge on any atom is -0.494 e. The molecule has 0 saturated carbocycles. The average molecular weight is 410 g/mol. The van der Waals surface area contributed by atoms with Gasteiger partial charge in [-0.3, -0.25) is 9.59 Å². The van der Waals surface area contributed by atoms with Gasteiger partial charge in [0.25, 0.3) is 11.8 Å². The molecule has 1 saturated heterocycles. The maximum atomic E-state index is 13.3. The average Bonchev–Trinajstić information content (AvgIpc) is 2.82. The first-order valence-electron chi connectivity index (χ1n) is 10.3. The Kier molecular flexibility index (Phi) is 6.18. The zero-order valence-electron chi connectivity index (χ0n) is 17.1. The van der Waals surface area contributed by atoms with Crippen LogP contribution in [-0.2, 0) is 9.53 Å². The van der Waals surface area contributed by atoms with Crippen molar-refractivity contribution in [2.24, 2.45) is 0 Å². The lowest BCUT2D eigenvalue weighted by atomic mass is 10.1. The normalized spacial score (nSPS) is 18.4. The summed E-state index contributed by atoms with van der Waals surface area (Å²) < 4.78 is 16.9. The van der Waals surface area contributed by atoms with Gasteiger partial charge in [0.2, 0.25) is 0 Å². The third-order valence-corrected chi connectivity index (χ3v) is 5.19. The van der Waals surface area contributed by atoms with Crippen LogP contribution in [0.4, 0.5) is 5.69 Å². The molecule has 2 aromatic carbocycles. The molecule has 30 heavy (non-hydrogen) atoms. The Morgan fingerprint density at radius 1 is 1.07 bits per heavy atom. The van der Waals surface area contributed by atoms with Crippen molar-refractivity contribution < 1.29 is 23.8 Å². The highest BCUT2D eigenvalue weighted by atomic mass is 16.5. The molecule has 4 rings (SSSR count). The molecule has 0 unspecified atom stereocenters. The summed E-state index contributed by atoms with van der Waals surface area (Å²) in [5, 5.41) is 0. The Hall–Kier alpha value is -3.06. The molecule has 0 aliphatic carbocycles. The maximum Gasteiger partial charge on any atom is 0.265 e. The summed E-state index contributed by atoms with van der Waals surface area (Å²) in [6, 6.07) is 14.4. The van der Waals surface area contributed by atoms with Crippen molar-refractivity contribution in [3.63, 3.8) is 0 Å². The highest BCUT2D eigenvalue weighted by molar-refractivity contribution is 6.08. The molecule has 0 aromatic heterocycles. The molecule has 2 aliphatic rings. The summed E-state index contributed by atoms with van der Waals surface area (Å²) in [5.41, 5.74) is 1.20. The summed E-state index contributed by atoms with van der Waals surface area (Å²) >= 11 is 0. The van der Waals surface area contributed by atoms with Gasteiger partial charge in [0.05, 0.1) is 32.1 Å². The Morgan fingerprint density at radius 3 is 2.53 bits per heavy atom. The van der Waals surface area contributed by atoms with E-state index in [9.17, 15) is 9.59 Å². The zero-order chi connectivity index (χ0) is 20.9. The van der Waals surface area contributed by atoms with Gasteiger partial charge in [-0.15, -0.1) is 0 Å². The quantitative estimate of drug-likeness (QED) is 0.758. The maximum absolute atomic E-state index is 13.3. The predicted octanol–water partition coefficient (Wildman–Crippen LogP) is 2.74. The second-order valence-electron chi connectivity index (χ2n) is 7.30. The number of fused-ring (bicyclic) bond motifs is 1. The molecule has 2 aliphatic heterocycles. The van der Waals surface area contributed by atoms with E-state index < -0.39 is 6.10 Å². The smallest absolute Gasteiger partial charge is 0.265 e. The van der Waals surface area contributed by atoms with E-state index in [0.717, 1.165) is 12.2 Å². The number of hydrogen-bond acceptors (Lipinski definition) is 5. The van der Waals surface area contributed by atoms with E-state index in [4.69, 9.17) is 14.2 Å². The van der Waals surface area contributed by atoms with Gasteiger partial charge in [-0.1, -0.05) is 19.1 Å². The molecule has 2 aromatic rings. The van der Waals surface area contributed by atoms with E-state index in [1.54, 1.807) is 40.1 Å². The molecule has 7 nitrogen and oxygen atoms in total. The van der Waals surface area contributed by atoms with E-state index in [-0.39, 0.29) is 18.4 Å². The highest BCUT2D eigenvalue weighted by Crippen LogP contribution is 2.34. The highest BCUT2D eigenvalue weighted by Gasteiger charge is 2.36. The van der Waals surface area contributed by atoms with Gasteiger partial charge in [0.15, 0.2) is 6.10 Å². The molecule has 0 N–H and O–H groups in total. The van der Waals surface area contributed by atoms with Crippen LogP contribution in [0.3, 0.4) is 0 Å². The minimum atomic E-state index is -0.742. The lowest BCUT2D eigenvalue weighted by molar-refractivity contribution is -0.142. The Morgan fingerprint density at radius 2 is 1.80 bits per heavy atom. The van der Waals surface area contributed by atoms with Crippen molar-refractivity contribution in [3.05, 3.63) is 54.1 Å². The van der Waals surface area contributed by atoms with Crippen LogP contribution >= 0.6 is 0 Å². The molecular formula is C23H26N2O5. The molecule has 1 fully saturated rings. The number of rotatable bonds is 5. The predicted molar refractivity (Wildman–Crippen MR) is 112 cm³/mol. The molecule has 2 amide bonds. The standard InChI is InChI=1S/C23H26N2O5/c1-2-13-29-18-9-7-17(8-10-18)22(26)25-16-21(23(27)24-11-14-28-15-12-24)30-20-6-4-3-5-19(20)25/h3-10,21H,2,11-16H2,1H3/t21-/m1/s1. The fourth-order valence-corrected chi connectivity index (χ4v) is 3.61. The van der Waals surface area contributed by atoms with Crippen molar-refractivity contribution in [1.29, 1.82) is 0 Å². The Labute approximate surface area is 176 Å². The minimum absolute atomic E-state index is 0.117. The van der Waals surface area contributed by atoms with Gasteiger partial charge in [0, 0.05) is 18.7 Å². The number of ether oxygens (including phenoxy) is 3. The Bertz CT molecular complexity index is 893. The first-order valence-corrected chi connectivity index (χ1v) is 10.3. The molecule has 7 heteroatoms. The fraction of sp³-hybridized carbons (Fsp3) is 0.391. The summed E-state index contributed by atoms with van der Waals surface area (Å²) in [6.45, 7) is 4.95. The van der Waals surface area contributed by atoms with Crippen LogP contribution in [0.1, 0.15) is 23.7 Å². The van der Waals surface area contributed by atoms with Crippen LogP contribution in [0.2, 0.25) is 0 Å². The number of nitrogens with zero attached hydrogens (tertiary/aromatic N) is 2. The van der Waals surface area contributed by atoms with E-state index >= 15 is 0 Å². The number of amides is 2. The molecular weight excluding hydrogens is 384 g/mol. The molecule has 0 radical (unpaired) electrons. The molecule has 0 bridgehead atoms. The van der Waals surface area contributed by atoms with Gasteiger partial charge in [-0.25, -0.2) is 0 Å². The lowest BCUT2D eigenvalue weighted by Crippen LogP contribution is -2.54. The van der Waals surface area contributed by atoms with Crippen LogP contribution in [0.15, 0.2) is 48.5 Å². The number of morpholine rings is 1. The lowest BCUT2D eigenvalue weighted by Gasteiger charge is -2.37. The number of anilines is 1. The second kappa shape index (κ2) is 9.17. The Balaban J connectivity index is 1.56. The van der Waals surface area contributed by atoms with Crippen molar-refractivity contribution in [2.45, 2.75) is 19.4 Å². The second-order valence-corrected chi connectivity index (χ2v) is 7.30. The third-order valence-electron chi connectivity index (χ3n) is 5.19. The largest absolute Gasteiger partial charge is 0.494 e. The first-order chi connectivity index (χ1) is 14.7. The fourth-order valence-electron chi connectivity index (χ4n) is 3.61. The topological polar surface area (TPSA) is 68.3 Å². The molecule has 2 heterocycles. The first kappa shape index (κ1) is 20.2. The monoisotopic (exact) mass is 410 g/mol. The van der Waals surface area contributed by atoms with Gasteiger partial charge in [-0.2, -0.15) is 0 Å². The van der Waals surface area contributed by atoms with E-state index in [1.165, 1.54) is 0 Å². The van der Waals surface area contributed by atoms with E-state index in [0.29, 0.717) is 49.9 Å². The number of carbonyl (C=O) groups is 2. The van der Waals surface area contributed by atoms with Crippen LogP contribution in [0.25, 0.3) is 0 Å². The van der Waals surface area contributed by atoms with Gasteiger partial charge in [-0.05, 0) is 42.8 Å². The van der Waals surface area contributed by atoms with Crippen LogP contribution in [0, 0.1) is 0 Å². The summed E-state index contributed by atoms with van der Waals surface area (Å²) in [6.07, 6.45) is 0.179. The third kappa shape index (κ3) is 4.26. The number of carbonyl (C=O) groups excluding carboxylic acids is 2. The van der Waals surface area contributed by atoms with Crippen molar-refractivity contribution >= 4 is 17.5 Å². The van der Waals surface area contributed by atoms with E-state index in [2.05, 4.69) is 0 Å². The van der Waals surface area contributed by atoms with E-state index in [1.807, 2.05) is 25.1 Å². The SMILES string of the molecule is CCCOc1ccc(C(=O)N2C[C@H](C(=O)N3CCOCC3)Oc3ccccc32)cc1. The molecule has 158 valence electrons. The number of hydrogen-bond donors (Lipinski definition) is 0. The molecule has 0 spiro atoms. The summed E-state index contributed by atoms with van der Waals surface area (Å²) in [5.74, 6) is 0.976. The van der Waals surface area contributed by atoms with Crippen molar-refractivity contribution in [3.8, 4) is 11.5 Å². The van der Waals surface area contributed by atoms with Gasteiger partial charge >= 0.3 is 0 Å². The van der Waals surface area contributed by atoms with Crippen LogP contribution < -0.4 is 14.4 Å². The van der Waals surface area contributed by atoms with Crippen molar-refractivity contribution in [1.82, 2.24) is 4.90 Å². The van der Waals surface area contributed by atoms with Gasteiger partial charge in [0.1, 0.15) is 11.5 Å². The van der Waals surface area contributed by atoms with Crippen LogP contribution in [0.5, 0.6) is 11.5 Å². The summed E-state index contributed by atoms with van der Waals surface area (Å²) in [7, 11) is 0. The van der Waals surface area contributed by atoms with Gasteiger partial charge < -0.3 is 24.0 Å². The number of para-hydroxylation sites is 2. The summed E-state index contributed by atoms with van der Waals surface area (Å²) in [4.78, 5) is 29.7. The van der Waals surface area contributed by atoms with Crippen LogP contribution in [-0.4, -0.2) is 62.3 Å². The zero-order valence-corrected chi connectivity index (χ0v) is 17.1.